The fraction of sp³-hybridized carbons (Fsp3) is 0.900. The second-order valence-electron chi connectivity index (χ2n) is 4.05. The van der Waals surface area contributed by atoms with Crippen LogP contribution >= 0.6 is 0 Å². The van der Waals surface area contributed by atoms with Crippen LogP contribution in [0.5, 0.6) is 0 Å². The first-order chi connectivity index (χ1) is 7.90. The van der Waals surface area contributed by atoms with Gasteiger partial charge in [0.2, 0.25) is 15.9 Å². The minimum atomic E-state index is -3.22. The lowest BCUT2D eigenvalue weighted by atomic mass is 10.2. The van der Waals surface area contributed by atoms with Crippen molar-refractivity contribution in [1.82, 2.24) is 9.62 Å². The minimum absolute atomic E-state index is 0.0610. The van der Waals surface area contributed by atoms with E-state index in [0.717, 1.165) is 23.6 Å². The van der Waals surface area contributed by atoms with Crippen LogP contribution in [0.2, 0.25) is 0 Å². The summed E-state index contributed by atoms with van der Waals surface area (Å²) < 4.78 is 23.9. The Hall–Kier alpha value is -0.660. The molecule has 0 aromatic rings. The SMILES string of the molecule is CN(C)S(=O)(=O)CCNC(=O)CCCCCN. The molecule has 17 heavy (non-hydrogen) atoms. The van der Waals surface area contributed by atoms with E-state index >= 15 is 0 Å². The first-order valence-corrected chi connectivity index (χ1v) is 7.38. The van der Waals surface area contributed by atoms with E-state index in [1.54, 1.807) is 0 Å². The summed E-state index contributed by atoms with van der Waals surface area (Å²) in [4.78, 5) is 11.3. The fourth-order valence-electron chi connectivity index (χ4n) is 1.20. The number of rotatable bonds is 9. The van der Waals surface area contributed by atoms with Gasteiger partial charge in [-0.3, -0.25) is 4.79 Å². The number of carbonyl (C=O) groups is 1. The third kappa shape index (κ3) is 8.12. The third-order valence-electron chi connectivity index (χ3n) is 2.35. The zero-order valence-corrected chi connectivity index (χ0v) is 11.4. The average Bonchev–Trinajstić information content (AvgIpc) is 2.24. The summed E-state index contributed by atoms with van der Waals surface area (Å²) in [5.41, 5.74) is 5.33. The van der Waals surface area contributed by atoms with Crippen LogP contribution in [0.1, 0.15) is 25.7 Å². The number of nitrogens with one attached hydrogen (secondary N) is 1. The van der Waals surface area contributed by atoms with E-state index in [4.69, 9.17) is 5.73 Å². The van der Waals surface area contributed by atoms with Crippen LogP contribution in [0, 0.1) is 0 Å². The van der Waals surface area contributed by atoms with Gasteiger partial charge in [-0.1, -0.05) is 6.42 Å². The van der Waals surface area contributed by atoms with Gasteiger partial charge in [0.1, 0.15) is 0 Å². The lowest BCUT2D eigenvalue weighted by Crippen LogP contribution is -2.33. The summed E-state index contributed by atoms with van der Waals surface area (Å²) in [5.74, 6) is -0.162. The third-order valence-corrected chi connectivity index (χ3v) is 4.18. The monoisotopic (exact) mass is 265 g/mol. The second kappa shape index (κ2) is 8.43. The lowest BCUT2D eigenvalue weighted by molar-refractivity contribution is -0.121. The largest absolute Gasteiger partial charge is 0.355 e. The van der Waals surface area contributed by atoms with Crippen LogP contribution in [0.4, 0.5) is 0 Å². The highest BCUT2D eigenvalue weighted by Gasteiger charge is 2.13. The first-order valence-electron chi connectivity index (χ1n) is 5.77. The van der Waals surface area contributed by atoms with Crippen molar-refractivity contribution >= 4 is 15.9 Å². The van der Waals surface area contributed by atoms with E-state index < -0.39 is 10.0 Å². The first kappa shape index (κ1) is 16.3. The highest BCUT2D eigenvalue weighted by Crippen LogP contribution is 1.98. The Morgan fingerprint density at radius 1 is 1.24 bits per heavy atom. The van der Waals surface area contributed by atoms with Crippen molar-refractivity contribution in [1.29, 1.82) is 0 Å². The van der Waals surface area contributed by atoms with Gasteiger partial charge in [0.15, 0.2) is 0 Å². The van der Waals surface area contributed by atoms with Crippen molar-refractivity contribution in [3.63, 3.8) is 0 Å². The maximum atomic E-state index is 11.4. The zero-order valence-electron chi connectivity index (χ0n) is 10.6. The Morgan fingerprint density at radius 2 is 1.88 bits per heavy atom. The molecule has 0 fully saturated rings. The van der Waals surface area contributed by atoms with Gasteiger partial charge in [-0.15, -0.1) is 0 Å². The predicted molar refractivity (Wildman–Crippen MR) is 68.0 cm³/mol. The van der Waals surface area contributed by atoms with E-state index in [1.165, 1.54) is 14.1 Å². The van der Waals surface area contributed by atoms with Gasteiger partial charge in [0.25, 0.3) is 0 Å². The Labute approximate surface area is 104 Å². The van der Waals surface area contributed by atoms with Gasteiger partial charge >= 0.3 is 0 Å². The highest BCUT2D eigenvalue weighted by atomic mass is 32.2. The molecule has 0 radical (unpaired) electrons. The van der Waals surface area contributed by atoms with Gasteiger partial charge < -0.3 is 11.1 Å². The van der Waals surface area contributed by atoms with Crippen molar-refractivity contribution in [3.8, 4) is 0 Å². The van der Waals surface area contributed by atoms with Gasteiger partial charge in [0.05, 0.1) is 5.75 Å². The Kier molecular flexibility index (Phi) is 8.11. The molecule has 0 aromatic heterocycles. The van der Waals surface area contributed by atoms with Crippen molar-refractivity contribution in [2.24, 2.45) is 5.73 Å². The number of amides is 1. The lowest BCUT2D eigenvalue weighted by Gasteiger charge is -2.11. The number of unbranched alkanes of at least 4 members (excludes halogenated alkanes) is 2. The van der Waals surface area contributed by atoms with Gasteiger partial charge in [-0.2, -0.15) is 0 Å². The van der Waals surface area contributed by atoms with Crippen LogP contribution in [0.25, 0.3) is 0 Å². The van der Waals surface area contributed by atoms with Gasteiger partial charge in [-0.25, -0.2) is 12.7 Å². The minimum Gasteiger partial charge on any atom is -0.355 e. The molecule has 0 rings (SSSR count). The normalized spacial score (nSPS) is 11.8. The molecule has 102 valence electrons. The van der Waals surface area contributed by atoms with E-state index in [-0.39, 0.29) is 18.2 Å². The summed E-state index contributed by atoms with van der Waals surface area (Å²) in [5, 5.41) is 2.59. The Morgan fingerprint density at radius 3 is 2.41 bits per heavy atom. The van der Waals surface area contributed by atoms with E-state index in [1.807, 2.05) is 0 Å². The zero-order chi connectivity index (χ0) is 13.3. The molecule has 0 bridgehead atoms. The molecule has 0 aliphatic carbocycles. The molecule has 0 atom stereocenters. The summed E-state index contributed by atoms with van der Waals surface area (Å²) in [6.45, 7) is 0.804. The van der Waals surface area contributed by atoms with Crippen LogP contribution < -0.4 is 11.1 Å². The molecule has 7 heteroatoms. The van der Waals surface area contributed by atoms with Crippen LogP contribution in [0.3, 0.4) is 0 Å². The number of nitrogens with zero attached hydrogens (tertiary/aromatic N) is 1. The van der Waals surface area contributed by atoms with Gasteiger partial charge in [-0.05, 0) is 19.4 Å². The molecule has 0 aromatic carbocycles. The quantitative estimate of drug-likeness (QED) is 0.550. The summed E-state index contributed by atoms with van der Waals surface area (Å²) >= 11 is 0. The molecule has 0 spiro atoms. The summed E-state index contributed by atoms with van der Waals surface area (Å²) in [7, 11) is -0.269. The molecule has 0 aliphatic rings. The molecular formula is C10H23N3O3S. The van der Waals surface area contributed by atoms with Crippen molar-refractivity contribution in [2.45, 2.75) is 25.7 Å². The fourth-order valence-corrected chi connectivity index (χ4v) is 1.92. The van der Waals surface area contributed by atoms with E-state index in [9.17, 15) is 13.2 Å². The Balaban J connectivity index is 3.65. The summed E-state index contributed by atoms with van der Waals surface area (Å²) in [6, 6.07) is 0. The van der Waals surface area contributed by atoms with Crippen LogP contribution in [0.15, 0.2) is 0 Å². The topological polar surface area (TPSA) is 92.5 Å². The molecule has 6 nitrogen and oxygen atoms in total. The molecule has 0 saturated carbocycles. The van der Waals surface area contributed by atoms with Crippen molar-refractivity contribution < 1.29 is 13.2 Å². The van der Waals surface area contributed by atoms with Crippen molar-refractivity contribution in [3.05, 3.63) is 0 Å². The number of hydrogen-bond donors (Lipinski definition) is 2. The van der Waals surface area contributed by atoms with E-state index in [0.29, 0.717) is 13.0 Å². The predicted octanol–water partition coefficient (Wildman–Crippen LogP) is -0.487. The number of nitrogens with two attached hydrogens (primary N) is 1. The molecule has 1 amide bonds. The number of carbonyl (C=O) groups excluding carboxylic acids is 1. The van der Waals surface area contributed by atoms with E-state index in [2.05, 4.69) is 5.32 Å². The molecule has 0 unspecified atom stereocenters. The number of sulfonamides is 1. The second-order valence-corrected chi connectivity index (χ2v) is 6.35. The maximum Gasteiger partial charge on any atom is 0.220 e. The molecule has 0 saturated heterocycles. The van der Waals surface area contributed by atoms with Crippen molar-refractivity contribution in [2.75, 3.05) is 32.9 Å². The number of hydrogen-bond acceptors (Lipinski definition) is 4. The standard InChI is InChI=1S/C10H23N3O3S/c1-13(2)17(15,16)9-8-12-10(14)6-4-3-5-7-11/h3-9,11H2,1-2H3,(H,12,14). The van der Waals surface area contributed by atoms with Crippen LogP contribution in [-0.4, -0.2) is 51.6 Å². The van der Waals surface area contributed by atoms with Gasteiger partial charge in [0, 0.05) is 27.1 Å². The highest BCUT2D eigenvalue weighted by molar-refractivity contribution is 7.89. The maximum absolute atomic E-state index is 11.4. The molecular weight excluding hydrogens is 242 g/mol. The Bertz CT molecular complexity index is 315. The molecule has 3 N–H and O–H groups in total. The molecule has 0 heterocycles. The average molecular weight is 265 g/mol. The summed E-state index contributed by atoms with van der Waals surface area (Å²) in [6.07, 6.45) is 3.08. The molecule has 0 aliphatic heterocycles. The van der Waals surface area contributed by atoms with Crippen LogP contribution in [-0.2, 0) is 14.8 Å². The smallest absolute Gasteiger partial charge is 0.220 e.